The maximum atomic E-state index is 10.9. The Morgan fingerprint density at radius 2 is 2.47 bits per heavy atom. The van der Waals surface area contributed by atoms with Gasteiger partial charge in [0.1, 0.15) is 0 Å². The van der Waals surface area contributed by atoms with Gasteiger partial charge in [-0.05, 0) is 24.8 Å². The molecule has 0 unspecified atom stereocenters. The Morgan fingerprint density at radius 3 is 3.18 bits per heavy atom. The van der Waals surface area contributed by atoms with Crippen LogP contribution in [0.2, 0.25) is 0 Å². The van der Waals surface area contributed by atoms with Crippen LogP contribution in [-0.2, 0) is 0 Å². The summed E-state index contributed by atoms with van der Waals surface area (Å²) in [6, 6.07) is 3.03. The Hall–Kier alpha value is -1.69. The van der Waals surface area contributed by atoms with Gasteiger partial charge in [-0.15, -0.1) is 0 Å². The third-order valence-electron chi connectivity index (χ3n) is 3.04. The van der Waals surface area contributed by atoms with Gasteiger partial charge < -0.3 is 10.0 Å². The SMILES string of the molecule is O=[N+]([O-])c1cccnc1N1CCC[C@@H](CO)C1. The molecular weight excluding hydrogens is 222 g/mol. The first-order valence-corrected chi connectivity index (χ1v) is 5.67. The van der Waals surface area contributed by atoms with Gasteiger partial charge in [0.15, 0.2) is 0 Å². The van der Waals surface area contributed by atoms with Crippen LogP contribution < -0.4 is 4.90 Å². The summed E-state index contributed by atoms with van der Waals surface area (Å²) < 4.78 is 0. The van der Waals surface area contributed by atoms with Crippen LogP contribution in [0.3, 0.4) is 0 Å². The van der Waals surface area contributed by atoms with Crippen LogP contribution in [0, 0.1) is 16.0 Å². The molecule has 0 amide bonds. The van der Waals surface area contributed by atoms with Crippen molar-refractivity contribution in [2.75, 3.05) is 24.6 Å². The van der Waals surface area contributed by atoms with Gasteiger partial charge in [-0.25, -0.2) is 4.98 Å². The molecule has 6 heteroatoms. The molecule has 1 aromatic rings. The zero-order chi connectivity index (χ0) is 12.3. The van der Waals surface area contributed by atoms with E-state index in [1.54, 1.807) is 12.3 Å². The number of hydrogen-bond acceptors (Lipinski definition) is 5. The lowest BCUT2D eigenvalue weighted by atomic mass is 9.99. The van der Waals surface area contributed by atoms with Crippen molar-refractivity contribution in [3.8, 4) is 0 Å². The van der Waals surface area contributed by atoms with Crippen molar-refractivity contribution in [3.63, 3.8) is 0 Å². The number of rotatable bonds is 3. The summed E-state index contributed by atoms with van der Waals surface area (Å²) in [6.45, 7) is 1.51. The largest absolute Gasteiger partial charge is 0.396 e. The molecule has 2 rings (SSSR count). The van der Waals surface area contributed by atoms with E-state index in [0.29, 0.717) is 12.4 Å². The van der Waals surface area contributed by atoms with Crippen LogP contribution in [-0.4, -0.2) is 34.7 Å². The number of anilines is 1. The van der Waals surface area contributed by atoms with Crippen LogP contribution in [0.25, 0.3) is 0 Å². The summed E-state index contributed by atoms with van der Waals surface area (Å²) in [4.78, 5) is 16.5. The molecule has 1 fully saturated rings. The average molecular weight is 237 g/mol. The zero-order valence-corrected chi connectivity index (χ0v) is 9.45. The summed E-state index contributed by atoms with van der Waals surface area (Å²) in [5.41, 5.74) is 0.0334. The number of nitrogens with zero attached hydrogens (tertiary/aromatic N) is 3. The van der Waals surface area contributed by atoms with Crippen LogP contribution in [0.1, 0.15) is 12.8 Å². The molecule has 0 saturated carbocycles. The van der Waals surface area contributed by atoms with Crippen molar-refractivity contribution >= 4 is 11.5 Å². The fourth-order valence-corrected chi connectivity index (χ4v) is 2.18. The first-order chi connectivity index (χ1) is 8.22. The van der Waals surface area contributed by atoms with Gasteiger partial charge in [0, 0.05) is 32.0 Å². The predicted octanol–water partition coefficient (Wildman–Crippen LogP) is 1.20. The van der Waals surface area contributed by atoms with Crippen molar-refractivity contribution in [1.29, 1.82) is 0 Å². The van der Waals surface area contributed by atoms with Crippen LogP contribution in [0.4, 0.5) is 11.5 Å². The van der Waals surface area contributed by atoms with Crippen molar-refractivity contribution in [1.82, 2.24) is 4.98 Å². The molecule has 1 saturated heterocycles. The molecule has 17 heavy (non-hydrogen) atoms. The van der Waals surface area contributed by atoms with Crippen molar-refractivity contribution in [3.05, 3.63) is 28.4 Å². The molecule has 0 aromatic carbocycles. The molecule has 6 nitrogen and oxygen atoms in total. The molecule has 1 aliphatic heterocycles. The van der Waals surface area contributed by atoms with Gasteiger partial charge in [0.25, 0.3) is 0 Å². The predicted molar refractivity (Wildman–Crippen MR) is 62.9 cm³/mol. The van der Waals surface area contributed by atoms with E-state index in [1.165, 1.54) is 6.07 Å². The highest BCUT2D eigenvalue weighted by Gasteiger charge is 2.25. The third-order valence-corrected chi connectivity index (χ3v) is 3.04. The van der Waals surface area contributed by atoms with Crippen LogP contribution in [0.15, 0.2) is 18.3 Å². The number of aliphatic hydroxyl groups excluding tert-OH is 1. The average Bonchev–Trinajstić information content (AvgIpc) is 2.39. The second kappa shape index (κ2) is 5.09. The van der Waals surface area contributed by atoms with E-state index in [4.69, 9.17) is 5.11 Å². The summed E-state index contributed by atoms with van der Waals surface area (Å²) in [6.07, 6.45) is 3.46. The normalized spacial score (nSPS) is 20.3. The van der Waals surface area contributed by atoms with Crippen molar-refractivity contribution < 1.29 is 10.0 Å². The van der Waals surface area contributed by atoms with E-state index in [-0.39, 0.29) is 18.2 Å². The monoisotopic (exact) mass is 237 g/mol. The van der Waals surface area contributed by atoms with Crippen molar-refractivity contribution in [2.24, 2.45) is 5.92 Å². The number of nitro groups is 1. The standard InChI is InChI=1S/C11H15N3O3/c15-8-9-3-2-6-13(7-9)11-10(14(16)17)4-1-5-12-11/h1,4-5,9,15H,2-3,6-8H2/t9-/m1/s1. The van der Waals surface area contributed by atoms with E-state index in [9.17, 15) is 10.1 Å². The number of pyridine rings is 1. The van der Waals surface area contributed by atoms with Gasteiger partial charge in [-0.3, -0.25) is 10.1 Å². The fraction of sp³-hybridized carbons (Fsp3) is 0.545. The molecule has 92 valence electrons. The molecule has 1 N–H and O–H groups in total. The molecule has 2 heterocycles. The highest BCUT2D eigenvalue weighted by atomic mass is 16.6. The summed E-state index contributed by atoms with van der Waals surface area (Å²) in [5, 5.41) is 20.1. The maximum absolute atomic E-state index is 10.9. The van der Waals surface area contributed by atoms with Gasteiger partial charge >= 0.3 is 5.69 Å². The minimum absolute atomic E-state index is 0.0334. The summed E-state index contributed by atoms with van der Waals surface area (Å²) in [5.74, 6) is 0.598. The quantitative estimate of drug-likeness (QED) is 0.631. The van der Waals surface area contributed by atoms with Gasteiger partial charge in [0.2, 0.25) is 5.82 Å². The molecule has 0 bridgehead atoms. The highest BCUT2D eigenvalue weighted by Crippen LogP contribution is 2.28. The summed E-state index contributed by atoms with van der Waals surface area (Å²) in [7, 11) is 0. The molecule has 0 spiro atoms. The topological polar surface area (TPSA) is 79.5 Å². The molecule has 1 atom stereocenters. The molecule has 0 aliphatic carbocycles. The number of aromatic nitrogens is 1. The van der Waals surface area contributed by atoms with Gasteiger partial charge in [0.05, 0.1) is 4.92 Å². The summed E-state index contributed by atoms with van der Waals surface area (Å²) >= 11 is 0. The molecule has 1 aliphatic rings. The maximum Gasteiger partial charge on any atom is 0.311 e. The van der Waals surface area contributed by atoms with E-state index >= 15 is 0 Å². The molecule has 0 radical (unpaired) electrons. The minimum Gasteiger partial charge on any atom is -0.396 e. The second-order valence-electron chi connectivity index (χ2n) is 4.24. The van der Waals surface area contributed by atoms with Gasteiger partial charge in [-0.2, -0.15) is 0 Å². The Kier molecular flexibility index (Phi) is 3.53. The fourth-order valence-electron chi connectivity index (χ4n) is 2.18. The Morgan fingerprint density at radius 1 is 1.65 bits per heavy atom. The van der Waals surface area contributed by atoms with E-state index in [1.807, 2.05) is 4.90 Å². The lowest BCUT2D eigenvalue weighted by molar-refractivity contribution is -0.384. The number of aliphatic hydroxyl groups is 1. The number of hydrogen-bond donors (Lipinski definition) is 1. The Bertz CT molecular complexity index is 411. The lowest BCUT2D eigenvalue weighted by Gasteiger charge is -2.32. The van der Waals surface area contributed by atoms with Crippen LogP contribution in [0.5, 0.6) is 0 Å². The van der Waals surface area contributed by atoms with Crippen LogP contribution >= 0.6 is 0 Å². The Labute approximate surface area is 99.0 Å². The zero-order valence-electron chi connectivity index (χ0n) is 9.45. The van der Waals surface area contributed by atoms with Crippen molar-refractivity contribution in [2.45, 2.75) is 12.8 Å². The minimum atomic E-state index is -0.412. The van der Waals surface area contributed by atoms with E-state index in [2.05, 4.69) is 4.98 Å². The first-order valence-electron chi connectivity index (χ1n) is 5.67. The Balaban J connectivity index is 2.24. The lowest BCUT2D eigenvalue weighted by Crippen LogP contribution is -2.37. The second-order valence-corrected chi connectivity index (χ2v) is 4.24. The molecular formula is C11H15N3O3. The molecule has 1 aromatic heterocycles. The van der Waals surface area contributed by atoms with E-state index in [0.717, 1.165) is 19.4 Å². The highest BCUT2D eigenvalue weighted by molar-refractivity contribution is 5.57. The smallest absolute Gasteiger partial charge is 0.311 e. The van der Waals surface area contributed by atoms with Gasteiger partial charge in [-0.1, -0.05) is 0 Å². The van der Waals surface area contributed by atoms with E-state index < -0.39 is 4.92 Å². The number of piperidine rings is 1. The third kappa shape index (κ3) is 2.52. The first kappa shape index (κ1) is 11.8.